The number of primary amides is 1. The highest BCUT2D eigenvalue weighted by Gasteiger charge is 2.70. The molecular formula is C24H21ClN4O6. The van der Waals surface area contributed by atoms with Crippen molar-refractivity contribution in [2.45, 2.75) is 31.0 Å². The van der Waals surface area contributed by atoms with Crippen LogP contribution >= 0.6 is 11.6 Å². The van der Waals surface area contributed by atoms with Gasteiger partial charge < -0.3 is 20.5 Å². The van der Waals surface area contributed by atoms with Gasteiger partial charge in [-0.2, -0.15) is 0 Å². The van der Waals surface area contributed by atoms with E-state index >= 15 is 0 Å². The Bertz CT molecular complexity index is 1310. The van der Waals surface area contributed by atoms with Gasteiger partial charge in [0.05, 0.1) is 18.4 Å². The van der Waals surface area contributed by atoms with Gasteiger partial charge in [-0.25, -0.2) is 0 Å². The molecule has 0 aromatic heterocycles. The fourth-order valence-corrected chi connectivity index (χ4v) is 5.93. The molecule has 2 saturated heterocycles. The third-order valence-corrected chi connectivity index (χ3v) is 7.48. The number of anilines is 1. The van der Waals surface area contributed by atoms with Crippen molar-refractivity contribution in [1.82, 2.24) is 10.2 Å². The van der Waals surface area contributed by atoms with E-state index < -0.39 is 47.0 Å². The number of benzene rings is 2. The van der Waals surface area contributed by atoms with Crippen molar-refractivity contribution in [3.05, 3.63) is 52.5 Å². The van der Waals surface area contributed by atoms with Crippen molar-refractivity contribution < 1.29 is 28.7 Å². The Morgan fingerprint density at radius 2 is 1.91 bits per heavy atom. The van der Waals surface area contributed by atoms with E-state index in [1.54, 1.807) is 36.4 Å². The number of nitrogens with one attached hydrogen (secondary N) is 2. The lowest BCUT2D eigenvalue weighted by Crippen LogP contribution is -2.53. The zero-order chi connectivity index (χ0) is 24.5. The molecule has 0 radical (unpaired) electrons. The number of imide groups is 1. The number of nitrogens with zero attached hydrogens (tertiary/aromatic N) is 1. The molecule has 6 rings (SSSR count). The first kappa shape index (κ1) is 21.9. The molecule has 2 aromatic carbocycles. The monoisotopic (exact) mass is 496 g/mol. The highest BCUT2D eigenvalue weighted by atomic mass is 35.5. The van der Waals surface area contributed by atoms with Crippen molar-refractivity contribution >= 4 is 40.9 Å². The largest absolute Gasteiger partial charge is 0.454 e. The second-order valence-corrected chi connectivity index (χ2v) is 9.60. The van der Waals surface area contributed by atoms with Crippen LogP contribution < -0.4 is 25.8 Å². The van der Waals surface area contributed by atoms with Crippen molar-refractivity contribution in [3.8, 4) is 11.5 Å². The predicted molar refractivity (Wildman–Crippen MR) is 122 cm³/mol. The van der Waals surface area contributed by atoms with Gasteiger partial charge in [-0.1, -0.05) is 17.7 Å². The molecule has 0 bridgehead atoms. The first-order chi connectivity index (χ1) is 16.8. The molecule has 10 nitrogen and oxygen atoms in total. The minimum absolute atomic E-state index is 0.00458. The second-order valence-electron chi connectivity index (χ2n) is 9.16. The number of fused-ring (bicyclic) bond motifs is 5. The fourth-order valence-electron chi connectivity index (χ4n) is 5.76. The highest BCUT2D eigenvalue weighted by Crippen LogP contribution is 2.54. The third kappa shape index (κ3) is 3.13. The molecule has 2 aromatic rings. The smallest absolute Gasteiger partial charge is 0.250 e. The van der Waals surface area contributed by atoms with Gasteiger partial charge in [0.15, 0.2) is 11.5 Å². The molecular weight excluding hydrogens is 476 g/mol. The predicted octanol–water partition coefficient (Wildman–Crippen LogP) is 1.25. The number of hydrogen-bond acceptors (Lipinski definition) is 7. The molecule has 4 amide bonds. The summed E-state index contributed by atoms with van der Waals surface area (Å²) in [7, 11) is 0. The number of carbonyl (C=O) groups excluding carboxylic acids is 4. The Kier molecular flexibility index (Phi) is 4.81. The van der Waals surface area contributed by atoms with Crippen molar-refractivity contribution in [2.75, 3.05) is 12.1 Å². The van der Waals surface area contributed by atoms with E-state index in [1.807, 2.05) is 0 Å². The molecule has 11 heteroatoms. The zero-order valence-electron chi connectivity index (χ0n) is 18.4. The van der Waals surface area contributed by atoms with Crippen LogP contribution in [-0.2, 0) is 31.3 Å². The second kappa shape index (κ2) is 7.69. The molecule has 0 saturated carbocycles. The van der Waals surface area contributed by atoms with E-state index in [9.17, 15) is 19.2 Å². The first-order valence-electron chi connectivity index (χ1n) is 11.2. The molecule has 1 spiro atoms. The molecule has 0 unspecified atom stereocenters. The summed E-state index contributed by atoms with van der Waals surface area (Å²) in [5.41, 5.74) is 5.60. The Labute approximate surface area is 204 Å². The van der Waals surface area contributed by atoms with Crippen LogP contribution in [0, 0.1) is 11.8 Å². The van der Waals surface area contributed by atoms with E-state index in [4.69, 9.17) is 26.8 Å². The zero-order valence-corrected chi connectivity index (χ0v) is 19.1. The van der Waals surface area contributed by atoms with Crippen LogP contribution in [0.15, 0.2) is 36.4 Å². The number of ether oxygens (including phenoxy) is 2. The molecule has 180 valence electrons. The summed E-state index contributed by atoms with van der Waals surface area (Å²) in [6.45, 7) is 0.126. The van der Waals surface area contributed by atoms with Gasteiger partial charge in [-0.05, 0) is 42.3 Å². The van der Waals surface area contributed by atoms with Crippen molar-refractivity contribution in [1.29, 1.82) is 0 Å². The lowest BCUT2D eigenvalue weighted by molar-refractivity contribution is -0.143. The van der Waals surface area contributed by atoms with Crippen LogP contribution in [-0.4, -0.2) is 41.4 Å². The first-order valence-corrected chi connectivity index (χ1v) is 11.6. The number of halogens is 1. The number of carbonyl (C=O) groups is 4. The minimum Gasteiger partial charge on any atom is -0.454 e. The van der Waals surface area contributed by atoms with Gasteiger partial charge in [0.1, 0.15) is 5.54 Å². The Morgan fingerprint density at radius 3 is 2.71 bits per heavy atom. The van der Waals surface area contributed by atoms with Gasteiger partial charge in [-0.3, -0.25) is 29.4 Å². The van der Waals surface area contributed by atoms with Crippen molar-refractivity contribution in [3.63, 3.8) is 0 Å². The molecule has 35 heavy (non-hydrogen) atoms. The maximum Gasteiger partial charge on any atom is 0.250 e. The van der Waals surface area contributed by atoms with E-state index in [2.05, 4.69) is 10.6 Å². The highest BCUT2D eigenvalue weighted by molar-refractivity contribution is 6.31. The summed E-state index contributed by atoms with van der Waals surface area (Å²) < 4.78 is 10.7. The normalized spacial score (nSPS) is 28.0. The van der Waals surface area contributed by atoms with Gasteiger partial charge in [-0.15, -0.1) is 0 Å². The summed E-state index contributed by atoms with van der Waals surface area (Å²) >= 11 is 6.25. The van der Waals surface area contributed by atoms with E-state index in [0.29, 0.717) is 33.3 Å². The van der Waals surface area contributed by atoms with Crippen molar-refractivity contribution in [2.24, 2.45) is 17.6 Å². The summed E-state index contributed by atoms with van der Waals surface area (Å²) in [5.74, 6) is -2.54. The summed E-state index contributed by atoms with van der Waals surface area (Å²) in [4.78, 5) is 53.6. The molecule has 4 N–H and O–H groups in total. The Hall–Kier alpha value is -3.63. The van der Waals surface area contributed by atoms with E-state index in [-0.39, 0.29) is 26.2 Å². The number of nitrogens with two attached hydrogens (primary N) is 1. The number of likely N-dealkylation sites (tertiary alicyclic amines) is 1. The third-order valence-electron chi connectivity index (χ3n) is 7.25. The molecule has 4 heterocycles. The van der Waals surface area contributed by atoms with Crippen LogP contribution in [0.2, 0.25) is 5.02 Å². The van der Waals surface area contributed by atoms with Gasteiger partial charge >= 0.3 is 0 Å². The van der Waals surface area contributed by atoms with E-state index in [0.717, 1.165) is 0 Å². The van der Waals surface area contributed by atoms with Crippen LogP contribution in [0.5, 0.6) is 11.5 Å². The topological polar surface area (TPSA) is 140 Å². The summed E-state index contributed by atoms with van der Waals surface area (Å²) in [5, 5.41) is 6.47. The molecule has 4 atom stereocenters. The quantitative estimate of drug-likeness (QED) is 0.529. The molecule has 4 aliphatic heterocycles. The lowest BCUT2D eigenvalue weighted by Gasteiger charge is -2.29. The number of hydrogen-bond donors (Lipinski definition) is 3. The molecule has 0 aliphatic carbocycles. The molecule has 4 aliphatic rings. The van der Waals surface area contributed by atoms with Gasteiger partial charge in [0, 0.05) is 28.7 Å². The van der Waals surface area contributed by atoms with Crippen LogP contribution in [0.25, 0.3) is 0 Å². The fraction of sp³-hybridized carbons (Fsp3) is 0.333. The maximum atomic E-state index is 13.8. The standard InChI is InChI=1S/C24H21ClN4O6/c25-12-2-3-14-13(8-12)24(23(33)27-14)20-19(15(28-24)4-6-18(26)30)21(31)29(22(20)32)9-11-1-5-16-17(7-11)35-10-34-16/h1-3,5,7-8,15,19-20,28H,4,6,9-10H2,(H2,26,30)(H,27,33)/t15-,19+,20+,24-/m1/s1. The Balaban J connectivity index is 1.40. The average molecular weight is 497 g/mol. The lowest BCUT2D eigenvalue weighted by atomic mass is 9.76. The average Bonchev–Trinajstić information content (AvgIpc) is 3.55. The SMILES string of the molecule is NC(=O)CC[C@H]1N[C@@]2(C(=O)Nc3ccc(Cl)cc32)[C@@H]2C(=O)N(Cc3ccc4c(c3)OCO4)C(=O)[C@H]21. The van der Waals surface area contributed by atoms with E-state index in [1.165, 1.54) is 4.90 Å². The maximum absolute atomic E-state index is 13.8. The summed E-state index contributed by atoms with van der Waals surface area (Å²) in [6, 6.07) is 9.55. The molecule has 2 fully saturated rings. The van der Waals surface area contributed by atoms with Crippen LogP contribution in [0.3, 0.4) is 0 Å². The van der Waals surface area contributed by atoms with Crippen LogP contribution in [0.4, 0.5) is 5.69 Å². The van der Waals surface area contributed by atoms with Gasteiger partial charge in [0.25, 0.3) is 0 Å². The Morgan fingerprint density at radius 1 is 1.11 bits per heavy atom. The minimum atomic E-state index is -1.48. The van der Waals surface area contributed by atoms with Gasteiger partial charge in [0.2, 0.25) is 30.4 Å². The van der Waals surface area contributed by atoms with Crippen LogP contribution in [0.1, 0.15) is 24.0 Å². The number of amides is 4. The number of rotatable bonds is 5. The summed E-state index contributed by atoms with van der Waals surface area (Å²) in [6.07, 6.45) is 0.211.